The van der Waals surface area contributed by atoms with Gasteiger partial charge in [-0.3, -0.25) is 9.59 Å². The summed E-state index contributed by atoms with van der Waals surface area (Å²) in [6, 6.07) is 17.4. The molecular weight excluding hydrogens is 733 g/mol. The van der Waals surface area contributed by atoms with Crippen LogP contribution in [0.5, 0.6) is 0 Å². The van der Waals surface area contributed by atoms with E-state index in [9.17, 15) is 9.59 Å². The van der Waals surface area contributed by atoms with Crippen molar-refractivity contribution in [2.45, 2.75) is 32.9 Å². The Labute approximate surface area is 316 Å². The lowest BCUT2D eigenvalue weighted by Gasteiger charge is -2.14. The normalized spacial score (nSPS) is 12.2. The largest absolute Gasteiger partial charge is 0.364 e. The van der Waals surface area contributed by atoms with Gasteiger partial charge in [0, 0.05) is 28.0 Å². The van der Waals surface area contributed by atoms with E-state index in [0.29, 0.717) is 55.1 Å². The highest BCUT2D eigenvalue weighted by atomic mass is 35.5. The van der Waals surface area contributed by atoms with Crippen LogP contribution in [-0.4, -0.2) is 35.1 Å². The molecule has 6 heterocycles. The van der Waals surface area contributed by atoms with Crippen LogP contribution in [0.2, 0.25) is 10.0 Å². The smallest absolute Gasteiger partial charge is 0.272 e. The third-order valence-corrected chi connectivity index (χ3v) is 9.70. The van der Waals surface area contributed by atoms with Gasteiger partial charge in [0.25, 0.3) is 11.1 Å². The zero-order valence-electron chi connectivity index (χ0n) is 28.5. The van der Waals surface area contributed by atoms with Crippen LogP contribution >= 0.6 is 34.5 Å². The molecule has 0 aliphatic rings. The van der Waals surface area contributed by atoms with Crippen LogP contribution in [0.4, 0.5) is 11.6 Å². The molecule has 0 spiro atoms. The molecule has 266 valence electrons. The van der Waals surface area contributed by atoms with Gasteiger partial charge in [0.2, 0.25) is 0 Å². The molecule has 4 N–H and O–H groups in total. The molecule has 0 aliphatic heterocycles. The second-order valence-corrected chi connectivity index (χ2v) is 13.8. The fraction of sp³-hybridized carbons (Fsp3) is 0.132. The highest BCUT2D eigenvalue weighted by Crippen LogP contribution is 2.29. The Kier molecular flexibility index (Phi) is 10.3. The number of H-pyrrole nitrogens is 2. The van der Waals surface area contributed by atoms with Gasteiger partial charge in [-0.2, -0.15) is 11.3 Å². The lowest BCUT2D eigenvalue weighted by molar-refractivity contribution is 0.420. The summed E-state index contributed by atoms with van der Waals surface area (Å²) >= 11 is 13.7. The number of nitrogens with zero attached hydrogens (tertiary/aromatic N) is 5. The number of anilines is 2. The van der Waals surface area contributed by atoms with E-state index in [2.05, 4.69) is 63.4 Å². The maximum atomic E-state index is 12.4. The minimum atomic E-state index is -0.354. The Morgan fingerprint density at radius 3 is 1.77 bits per heavy atom. The van der Waals surface area contributed by atoms with Crippen molar-refractivity contribution < 1.29 is 4.52 Å². The van der Waals surface area contributed by atoms with Crippen molar-refractivity contribution in [2.75, 3.05) is 10.6 Å². The van der Waals surface area contributed by atoms with Crippen LogP contribution in [-0.2, 0) is 0 Å². The number of hydrogen-bond acceptors (Lipinski definition) is 11. The third kappa shape index (κ3) is 8.12. The molecule has 0 aliphatic carbocycles. The van der Waals surface area contributed by atoms with Crippen LogP contribution in [0.3, 0.4) is 0 Å². The van der Waals surface area contributed by atoms with Gasteiger partial charge >= 0.3 is 0 Å². The van der Waals surface area contributed by atoms with Crippen molar-refractivity contribution in [3.05, 3.63) is 144 Å². The van der Waals surface area contributed by atoms with Crippen LogP contribution in [0.15, 0.2) is 110 Å². The van der Waals surface area contributed by atoms with Crippen molar-refractivity contribution in [2.24, 2.45) is 0 Å². The number of nitrogens with one attached hydrogen (secondary N) is 4. The van der Waals surface area contributed by atoms with Crippen molar-refractivity contribution in [1.82, 2.24) is 35.1 Å². The number of pyridine rings is 2. The van der Waals surface area contributed by atoms with Crippen LogP contribution in [0.25, 0.3) is 44.3 Å². The molecule has 0 amide bonds. The summed E-state index contributed by atoms with van der Waals surface area (Å²) in [5.74, 6) is 1.31. The molecule has 53 heavy (non-hydrogen) atoms. The van der Waals surface area contributed by atoms with E-state index < -0.39 is 0 Å². The van der Waals surface area contributed by atoms with E-state index in [1.807, 2.05) is 38.1 Å². The van der Waals surface area contributed by atoms with E-state index in [0.717, 1.165) is 16.7 Å². The third-order valence-electron chi connectivity index (χ3n) is 8.36. The summed E-state index contributed by atoms with van der Waals surface area (Å²) in [6.45, 7) is 5.82. The molecule has 15 heteroatoms. The fourth-order valence-electron chi connectivity index (χ4n) is 5.68. The number of aryl methyl sites for hydroxylation is 1. The highest BCUT2D eigenvalue weighted by Gasteiger charge is 2.16. The van der Waals surface area contributed by atoms with Gasteiger partial charge in [-0.15, -0.1) is 0 Å². The first kappa shape index (κ1) is 35.5. The zero-order valence-corrected chi connectivity index (χ0v) is 30.8. The van der Waals surface area contributed by atoms with E-state index >= 15 is 0 Å². The Bertz CT molecular complexity index is 2680. The zero-order chi connectivity index (χ0) is 37.1. The molecule has 0 radical (unpaired) electrons. The summed E-state index contributed by atoms with van der Waals surface area (Å²) in [6.07, 6.45) is 6.62. The Balaban J connectivity index is 0.000000164. The molecular formula is C38H31Cl2N9O3S. The minimum absolute atomic E-state index is 0.227. The number of fused-ring (bicyclic) bond motifs is 2. The van der Waals surface area contributed by atoms with Gasteiger partial charge in [-0.1, -0.05) is 28.4 Å². The predicted molar refractivity (Wildman–Crippen MR) is 211 cm³/mol. The van der Waals surface area contributed by atoms with Gasteiger partial charge in [-0.05, 0) is 114 Å². The summed E-state index contributed by atoms with van der Waals surface area (Å²) in [4.78, 5) is 48.1. The predicted octanol–water partition coefficient (Wildman–Crippen LogP) is 8.98. The Morgan fingerprint density at radius 1 is 0.717 bits per heavy atom. The van der Waals surface area contributed by atoms with Crippen LogP contribution in [0, 0.1) is 6.92 Å². The molecule has 2 atom stereocenters. The summed E-state index contributed by atoms with van der Waals surface area (Å²) in [5.41, 5.74) is 8.12. The number of benzene rings is 2. The number of aromatic amines is 2. The first-order valence-electron chi connectivity index (χ1n) is 16.4. The van der Waals surface area contributed by atoms with Gasteiger partial charge in [0.05, 0.1) is 40.3 Å². The average molecular weight is 765 g/mol. The maximum absolute atomic E-state index is 12.4. The van der Waals surface area contributed by atoms with Crippen molar-refractivity contribution in [1.29, 1.82) is 0 Å². The fourth-order valence-corrected chi connectivity index (χ4v) is 6.87. The summed E-state index contributed by atoms with van der Waals surface area (Å²) in [5, 5.41) is 15.6. The number of aromatic nitrogens is 7. The van der Waals surface area contributed by atoms with E-state index in [1.165, 1.54) is 11.1 Å². The van der Waals surface area contributed by atoms with Crippen molar-refractivity contribution >= 4 is 68.2 Å². The minimum Gasteiger partial charge on any atom is -0.364 e. The molecule has 8 aromatic rings. The second-order valence-electron chi connectivity index (χ2n) is 12.2. The quantitative estimate of drug-likeness (QED) is 0.117. The first-order chi connectivity index (χ1) is 25.6. The number of rotatable bonds is 8. The SMILES string of the molecule is C[C@H](Nc1cc(-c2cnoc2)ccn1)c1nc2cc(Cl)ccc2[nH]c1=O.Cc1cscc1-c1ccnc(N[C@@H](C)c2nc3cc(Cl)ccc3[nH]c2=O)c1. The number of thiophene rings is 1. The summed E-state index contributed by atoms with van der Waals surface area (Å²) in [7, 11) is 0. The van der Waals surface area contributed by atoms with E-state index in [1.54, 1.807) is 72.6 Å². The van der Waals surface area contributed by atoms with Gasteiger partial charge < -0.3 is 25.1 Å². The topological polar surface area (TPSA) is 167 Å². The first-order valence-corrected chi connectivity index (χ1v) is 18.1. The second kappa shape index (κ2) is 15.4. The lowest BCUT2D eigenvalue weighted by Crippen LogP contribution is -2.22. The Morgan fingerprint density at radius 2 is 1.26 bits per heavy atom. The summed E-state index contributed by atoms with van der Waals surface area (Å²) < 4.78 is 4.87. The van der Waals surface area contributed by atoms with Gasteiger partial charge in [-0.25, -0.2) is 19.9 Å². The molecule has 8 rings (SSSR count). The monoisotopic (exact) mass is 763 g/mol. The van der Waals surface area contributed by atoms with Gasteiger partial charge in [0.15, 0.2) is 0 Å². The Hall–Kier alpha value is -5.89. The number of halogens is 2. The lowest BCUT2D eigenvalue weighted by atomic mass is 10.1. The van der Waals surface area contributed by atoms with E-state index in [-0.39, 0.29) is 23.2 Å². The average Bonchev–Trinajstić information content (AvgIpc) is 3.84. The van der Waals surface area contributed by atoms with Crippen LogP contribution in [0.1, 0.15) is 42.9 Å². The standard InChI is InChI=1S/C20H17ClN4OS.C18H14ClN5O2/c1-11-9-27-10-15(11)13-5-6-22-18(7-13)23-12(2)19-20(26)25-16-4-3-14(21)8-17(16)24-19;1-10(17-18(25)24-14-3-2-13(19)7-15(14)23-17)22-16-6-11(4-5-20-16)12-8-21-26-9-12/h3-10,12H,1-2H3,(H,22,23)(H,25,26);2-10H,1H3,(H,20,22)(H,24,25)/t12-;10-/m00/s1. The van der Waals surface area contributed by atoms with Crippen molar-refractivity contribution in [3.8, 4) is 22.3 Å². The molecule has 0 bridgehead atoms. The maximum Gasteiger partial charge on any atom is 0.272 e. The highest BCUT2D eigenvalue weighted by molar-refractivity contribution is 7.08. The van der Waals surface area contributed by atoms with E-state index in [4.69, 9.17) is 27.7 Å². The molecule has 6 aromatic heterocycles. The molecule has 0 saturated carbocycles. The molecule has 0 saturated heterocycles. The molecule has 0 fully saturated rings. The molecule has 2 aromatic carbocycles. The van der Waals surface area contributed by atoms with Crippen LogP contribution < -0.4 is 21.8 Å². The molecule has 12 nitrogen and oxygen atoms in total. The van der Waals surface area contributed by atoms with Gasteiger partial charge in [0.1, 0.15) is 29.3 Å². The van der Waals surface area contributed by atoms with Crippen molar-refractivity contribution in [3.63, 3.8) is 0 Å². The number of hydrogen-bond donors (Lipinski definition) is 4. The molecule has 0 unspecified atom stereocenters.